The Morgan fingerprint density at radius 3 is 2.70 bits per heavy atom. The minimum Gasteiger partial charge on any atom is -0.434 e. The van der Waals surface area contributed by atoms with E-state index in [9.17, 15) is 14.9 Å². The zero-order valence-corrected chi connectivity index (χ0v) is 14.3. The molecule has 9 nitrogen and oxygen atoms in total. The van der Waals surface area contributed by atoms with Crippen LogP contribution < -0.4 is 15.3 Å². The highest BCUT2D eigenvalue weighted by molar-refractivity contribution is 5.78. The largest absolute Gasteiger partial charge is 0.434 e. The van der Waals surface area contributed by atoms with Crippen molar-refractivity contribution in [1.82, 2.24) is 9.97 Å². The molecule has 3 aromatic rings. The van der Waals surface area contributed by atoms with Crippen LogP contribution in [0.4, 0.5) is 11.5 Å². The van der Waals surface area contributed by atoms with Crippen molar-refractivity contribution in [2.24, 2.45) is 0 Å². The highest BCUT2D eigenvalue weighted by atomic mass is 16.6. The smallest absolute Gasteiger partial charge is 0.373 e. The first-order valence-electron chi connectivity index (χ1n) is 8.58. The van der Waals surface area contributed by atoms with E-state index in [-0.39, 0.29) is 17.4 Å². The molecule has 1 aromatic carbocycles. The van der Waals surface area contributed by atoms with Crippen molar-refractivity contribution in [1.29, 1.82) is 0 Å². The maximum absolute atomic E-state index is 11.7. The SMILES string of the molecule is O=c1ccc2cc(Oc3ncnc(N4CCCCC4)c3[N+](=O)[O-])ccc2o1. The highest BCUT2D eigenvalue weighted by Gasteiger charge is 2.29. The van der Waals surface area contributed by atoms with E-state index in [1.807, 2.05) is 4.90 Å². The first-order valence-corrected chi connectivity index (χ1v) is 8.58. The Hall–Kier alpha value is -3.49. The molecule has 0 atom stereocenters. The molecule has 9 heteroatoms. The zero-order valence-electron chi connectivity index (χ0n) is 14.3. The fourth-order valence-electron chi connectivity index (χ4n) is 3.15. The standard InChI is InChI=1S/C18H16N4O5/c23-15-7-4-12-10-13(5-6-14(12)27-15)26-18-16(22(24)25)17(19-11-20-18)21-8-2-1-3-9-21/h4-7,10-11H,1-3,8-9H2. The van der Waals surface area contributed by atoms with Gasteiger partial charge >= 0.3 is 17.2 Å². The summed E-state index contributed by atoms with van der Waals surface area (Å²) >= 11 is 0. The molecule has 1 aliphatic rings. The van der Waals surface area contributed by atoms with Crippen molar-refractivity contribution in [3.8, 4) is 11.6 Å². The Morgan fingerprint density at radius 2 is 1.93 bits per heavy atom. The van der Waals surface area contributed by atoms with Crippen LogP contribution in [0.5, 0.6) is 11.6 Å². The van der Waals surface area contributed by atoms with Crippen molar-refractivity contribution in [3.63, 3.8) is 0 Å². The molecule has 0 spiro atoms. The summed E-state index contributed by atoms with van der Waals surface area (Å²) in [6.45, 7) is 1.43. The Labute approximate surface area is 153 Å². The van der Waals surface area contributed by atoms with Gasteiger partial charge < -0.3 is 14.1 Å². The summed E-state index contributed by atoms with van der Waals surface area (Å²) in [5.74, 6) is 0.506. The lowest BCUT2D eigenvalue weighted by Gasteiger charge is -2.27. The van der Waals surface area contributed by atoms with Gasteiger partial charge in [-0.1, -0.05) is 0 Å². The Bertz CT molecular complexity index is 1060. The molecule has 0 aliphatic carbocycles. The van der Waals surface area contributed by atoms with Crippen LogP contribution in [0.2, 0.25) is 0 Å². The van der Waals surface area contributed by atoms with Gasteiger partial charge in [-0.05, 0) is 43.5 Å². The Balaban J connectivity index is 1.72. The van der Waals surface area contributed by atoms with Gasteiger partial charge in [0.1, 0.15) is 17.7 Å². The number of hydrogen-bond acceptors (Lipinski definition) is 8. The van der Waals surface area contributed by atoms with Crippen LogP contribution >= 0.6 is 0 Å². The van der Waals surface area contributed by atoms with Crippen LogP contribution in [0.15, 0.2) is 45.9 Å². The average molecular weight is 368 g/mol. The quantitative estimate of drug-likeness (QED) is 0.392. The predicted octanol–water partition coefficient (Wildman–Crippen LogP) is 3.27. The van der Waals surface area contributed by atoms with Crippen LogP contribution in [0, 0.1) is 10.1 Å². The molecule has 0 radical (unpaired) electrons. The van der Waals surface area contributed by atoms with Crippen LogP contribution in [-0.2, 0) is 0 Å². The number of fused-ring (bicyclic) bond motifs is 1. The summed E-state index contributed by atoms with van der Waals surface area (Å²) in [6.07, 6.45) is 4.30. The number of nitro groups is 1. The number of rotatable bonds is 4. The molecule has 0 unspecified atom stereocenters. The van der Waals surface area contributed by atoms with E-state index in [0.29, 0.717) is 29.8 Å². The molecule has 1 fully saturated rings. The fraction of sp³-hybridized carbons (Fsp3) is 0.278. The van der Waals surface area contributed by atoms with Crippen LogP contribution in [-0.4, -0.2) is 28.0 Å². The van der Waals surface area contributed by atoms with E-state index < -0.39 is 10.5 Å². The Kier molecular flexibility index (Phi) is 4.41. The monoisotopic (exact) mass is 368 g/mol. The van der Waals surface area contributed by atoms with Crippen molar-refractivity contribution < 1.29 is 14.1 Å². The fourth-order valence-corrected chi connectivity index (χ4v) is 3.15. The second kappa shape index (κ2) is 7.02. The van der Waals surface area contributed by atoms with Gasteiger partial charge in [0.05, 0.1) is 4.92 Å². The average Bonchev–Trinajstić information content (AvgIpc) is 2.68. The lowest BCUT2D eigenvalue weighted by atomic mass is 10.1. The van der Waals surface area contributed by atoms with Gasteiger partial charge in [-0.25, -0.2) is 9.78 Å². The number of aromatic nitrogens is 2. The minimum atomic E-state index is -0.515. The maximum atomic E-state index is 11.7. The molecule has 0 saturated carbocycles. The summed E-state index contributed by atoms with van der Waals surface area (Å²) in [5, 5.41) is 12.3. The Morgan fingerprint density at radius 1 is 1.11 bits per heavy atom. The van der Waals surface area contributed by atoms with Crippen LogP contribution in [0.1, 0.15) is 19.3 Å². The third kappa shape index (κ3) is 3.43. The maximum Gasteiger partial charge on any atom is 0.373 e. The number of benzene rings is 1. The van der Waals surface area contributed by atoms with E-state index in [1.54, 1.807) is 24.3 Å². The zero-order chi connectivity index (χ0) is 18.8. The minimum absolute atomic E-state index is 0.118. The molecule has 4 rings (SSSR count). The summed E-state index contributed by atoms with van der Waals surface area (Å²) in [5.41, 5.74) is -0.297. The lowest BCUT2D eigenvalue weighted by molar-refractivity contribution is -0.385. The molecular weight excluding hydrogens is 352 g/mol. The van der Waals surface area contributed by atoms with Gasteiger partial charge in [-0.3, -0.25) is 10.1 Å². The van der Waals surface area contributed by atoms with E-state index in [2.05, 4.69) is 9.97 Å². The second-order valence-electron chi connectivity index (χ2n) is 6.21. The molecule has 3 heterocycles. The second-order valence-corrected chi connectivity index (χ2v) is 6.21. The lowest BCUT2D eigenvalue weighted by Crippen LogP contribution is -2.30. The van der Waals surface area contributed by atoms with E-state index in [4.69, 9.17) is 9.15 Å². The summed E-state index contributed by atoms with van der Waals surface area (Å²) < 4.78 is 10.8. The number of nitrogens with zero attached hydrogens (tertiary/aromatic N) is 4. The van der Waals surface area contributed by atoms with Gasteiger partial charge in [0.2, 0.25) is 5.82 Å². The molecule has 0 N–H and O–H groups in total. The number of ether oxygens (including phenoxy) is 1. The predicted molar refractivity (Wildman–Crippen MR) is 97.3 cm³/mol. The molecular formula is C18H16N4O5. The van der Waals surface area contributed by atoms with Crippen molar-refractivity contribution >= 4 is 22.5 Å². The van der Waals surface area contributed by atoms with Crippen LogP contribution in [0.3, 0.4) is 0 Å². The van der Waals surface area contributed by atoms with Crippen molar-refractivity contribution in [2.75, 3.05) is 18.0 Å². The van der Waals surface area contributed by atoms with E-state index in [0.717, 1.165) is 19.3 Å². The number of hydrogen-bond donors (Lipinski definition) is 0. The number of anilines is 1. The van der Waals surface area contributed by atoms with Gasteiger partial charge in [-0.15, -0.1) is 0 Å². The molecule has 27 heavy (non-hydrogen) atoms. The van der Waals surface area contributed by atoms with Gasteiger partial charge in [0, 0.05) is 24.5 Å². The van der Waals surface area contributed by atoms with E-state index in [1.165, 1.54) is 12.4 Å². The topological polar surface area (TPSA) is 112 Å². The summed E-state index contributed by atoms with van der Waals surface area (Å²) in [6, 6.07) is 7.67. The highest BCUT2D eigenvalue weighted by Crippen LogP contribution is 2.37. The van der Waals surface area contributed by atoms with Gasteiger partial charge in [0.15, 0.2) is 0 Å². The molecule has 2 aromatic heterocycles. The number of piperidine rings is 1. The molecule has 1 aliphatic heterocycles. The molecule has 0 amide bonds. The molecule has 1 saturated heterocycles. The molecule has 0 bridgehead atoms. The van der Waals surface area contributed by atoms with Crippen molar-refractivity contribution in [2.45, 2.75) is 19.3 Å². The first kappa shape index (κ1) is 17.0. The van der Waals surface area contributed by atoms with Crippen molar-refractivity contribution in [3.05, 3.63) is 57.2 Å². The first-order chi connectivity index (χ1) is 13.1. The summed E-state index contributed by atoms with van der Waals surface area (Å²) in [4.78, 5) is 32.4. The third-order valence-corrected chi connectivity index (χ3v) is 4.41. The van der Waals surface area contributed by atoms with Gasteiger partial charge in [0.25, 0.3) is 0 Å². The normalized spacial score (nSPS) is 14.3. The van der Waals surface area contributed by atoms with E-state index >= 15 is 0 Å². The van der Waals surface area contributed by atoms with Crippen LogP contribution in [0.25, 0.3) is 11.0 Å². The summed E-state index contributed by atoms with van der Waals surface area (Å²) in [7, 11) is 0. The molecule has 138 valence electrons. The third-order valence-electron chi connectivity index (χ3n) is 4.41. The van der Waals surface area contributed by atoms with Gasteiger partial charge in [-0.2, -0.15) is 4.98 Å².